The summed E-state index contributed by atoms with van der Waals surface area (Å²) in [6.07, 6.45) is 1.65. The van der Waals surface area contributed by atoms with E-state index in [1.807, 2.05) is 12.1 Å². The Kier molecular flexibility index (Phi) is 6.08. The van der Waals surface area contributed by atoms with Gasteiger partial charge in [-0.3, -0.25) is 14.7 Å². The molecule has 0 aromatic carbocycles. The van der Waals surface area contributed by atoms with Gasteiger partial charge in [0.25, 0.3) is 6.43 Å². The van der Waals surface area contributed by atoms with Gasteiger partial charge < -0.3 is 9.32 Å². The topological polar surface area (TPSA) is 79.5 Å². The number of aryl methyl sites for hydroxylation is 2. The van der Waals surface area contributed by atoms with Gasteiger partial charge in [0.2, 0.25) is 0 Å². The summed E-state index contributed by atoms with van der Waals surface area (Å²) in [5, 5.41) is 0.461. The number of ketones is 1. The van der Waals surface area contributed by atoms with Crippen LogP contribution < -0.4 is 4.90 Å². The molecular formula is C21H20F2N4O3S. The van der Waals surface area contributed by atoms with Crippen LogP contribution in [0.3, 0.4) is 0 Å². The van der Waals surface area contributed by atoms with Gasteiger partial charge in [-0.1, -0.05) is 17.4 Å². The van der Waals surface area contributed by atoms with Crippen LogP contribution in [0.5, 0.6) is 0 Å². The van der Waals surface area contributed by atoms with E-state index in [9.17, 15) is 18.4 Å². The highest BCUT2D eigenvalue weighted by atomic mass is 32.1. The van der Waals surface area contributed by atoms with Crippen LogP contribution in [-0.2, 0) is 13.0 Å². The molecule has 0 bridgehead atoms. The molecule has 31 heavy (non-hydrogen) atoms. The van der Waals surface area contributed by atoms with E-state index in [0.29, 0.717) is 47.4 Å². The number of amides is 2. The van der Waals surface area contributed by atoms with E-state index in [1.165, 1.54) is 33.3 Å². The first kappa shape index (κ1) is 21.1. The van der Waals surface area contributed by atoms with E-state index in [0.717, 1.165) is 5.56 Å². The Morgan fingerprint density at radius 1 is 1.29 bits per heavy atom. The van der Waals surface area contributed by atoms with Crippen molar-refractivity contribution >= 4 is 28.3 Å². The summed E-state index contributed by atoms with van der Waals surface area (Å²) < 4.78 is 30.5. The lowest BCUT2D eigenvalue weighted by atomic mass is 10.1. The molecule has 1 fully saturated rings. The van der Waals surface area contributed by atoms with E-state index in [-0.39, 0.29) is 18.4 Å². The Balaban J connectivity index is 1.40. The Hall–Kier alpha value is -3.14. The number of hydrogen-bond donors (Lipinski definition) is 0. The first-order valence-corrected chi connectivity index (χ1v) is 10.6. The molecule has 4 rings (SSSR count). The molecule has 7 nitrogen and oxygen atoms in total. The van der Waals surface area contributed by atoms with Crippen molar-refractivity contribution in [3.8, 4) is 0 Å². The molecule has 4 heterocycles. The number of carbonyl (C=O) groups excluding carboxylic acids is 2. The molecule has 0 aliphatic carbocycles. The van der Waals surface area contributed by atoms with Crippen molar-refractivity contribution in [1.29, 1.82) is 0 Å². The second-order valence-corrected chi connectivity index (χ2v) is 8.13. The number of furan rings is 1. The summed E-state index contributed by atoms with van der Waals surface area (Å²) >= 11 is 1.20. The highest BCUT2D eigenvalue weighted by Gasteiger charge is 2.33. The zero-order chi connectivity index (χ0) is 22.0. The van der Waals surface area contributed by atoms with Crippen molar-refractivity contribution in [2.75, 3.05) is 18.0 Å². The fourth-order valence-electron chi connectivity index (χ4n) is 3.37. The maximum atomic E-state index is 12.8. The van der Waals surface area contributed by atoms with Crippen LogP contribution in [0.2, 0.25) is 0 Å². The molecule has 10 heteroatoms. The molecule has 3 aromatic rings. The molecule has 1 aliphatic rings. The molecule has 0 unspecified atom stereocenters. The van der Waals surface area contributed by atoms with Gasteiger partial charge in [-0.25, -0.2) is 18.6 Å². The zero-order valence-corrected chi connectivity index (χ0v) is 17.6. The fraction of sp³-hybridized carbons (Fsp3) is 0.333. The minimum atomic E-state index is -2.69. The largest absolute Gasteiger partial charge is 0.458 e. The summed E-state index contributed by atoms with van der Waals surface area (Å²) in [5.41, 5.74) is 1.58. The van der Waals surface area contributed by atoms with Crippen LogP contribution in [-0.4, -0.2) is 39.8 Å². The quantitative estimate of drug-likeness (QED) is 0.471. The molecule has 0 N–H and O–H groups in total. The third-order valence-electron chi connectivity index (χ3n) is 4.97. The molecule has 0 spiro atoms. The third-order valence-corrected chi connectivity index (χ3v) is 6.19. The highest BCUT2D eigenvalue weighted by Crippen LogP contribution is 2.31. The van der Waals surface area contributed by atoms with Gasteiger partial charge >= 0.3 is 6.03 Å². The van der Waals surface area contributed by atoms with Crippen molar-refractivity contribution in [3.05, 3.63) is 64.3 Å². The van der Waals surface area contributed by atoms with Crippen LogP contribution in [0.25, 0.3) is 0 Å². The van der Waals surface area contributed by atoms with Crippen molar-refractivity contribution in [3.63, 3.8) is 0 Å². The lowest BCUT2D eigenvalue weighted by Gasteiger charge is -2.15. The average molecular weight is 446 g/mol. The van der Waals surface area contributed by atoms with Crippen molar-refractivity contribution < 1.29 is 22.8 Å². The Morgan fingerprint density at radius 3 is 2.84 bits per heavy atom. The number of thiazole rings is 1. The number of rotatable bonds is 8. The predicted octanol–water partition coefficient (Wildman–Crippen LogP) is 4.63. The summed E-state index contributed by atoms with van der Waals surface area (Å²) in [7, 11) is 0. The van der Waals surface area contributed by atoms with Gasteiger partial charge in [0, 0.05) is 31.9 Å². The normalized spacial score (nSPS) is 14.1. The molecule has 1 aliphatic heterocycles. The molecule has 162 valence electrons. The summed E-state index contributed by atoms with van der Waals surface area (Å²) in [4.78, 5) is 37.5. The lowest BCUT2D eigenvalue weighted by molar-refractivity contribution is 0.0986. The summed E-state index contributed by atoms with van der Waals surface area (Å²) in [5.74, 6) is -0.140. The molecular weight excluding hydrogens is 426 g/mol. The fourth-order valence-corrected chi connectivity index (χ4v) is 4.42. The number of halogens is 2. The number of Topliss-reactive ketones (excluding diaryl/α,β-unsaturated/α-hetero) is 1. The van der Waals surface area contributed by atoms with E-state index < -0.39 is 12.2 Å². The van der Waals surface area contributed by atoms with Gasteiger partial charge in [0.05, 0.1) is 17.1 Å². The highest BCUT2D eigenvalue weighted by molar-refractivity contribution is 7.17. The van der Waals surface area contributed by atoms with Crippen molar-refractivity contribution in [2.24, 2.45) is 0 Å². The van der Waals surface area contributed by atoms with Crippen LogP contribution >= 0.6 is 11.3 Å². The van der Waals surface area contributed by atoms with Crippen molar-refractivity contribution in [2.45, 2.75) is 32.7 Å². The smallest absolute Gasteiger partial charge is 0.326 e. The molecule has 0 radical (unpaired) electrons. The van der Waals surface area contributed by atoms with Crippen LogP contribution in [0.4, 0.5) is 18.7 Å². The average Bonchev–Trinajstić information content (AvgIpc) is 3.47. The maximum Gasteiger partial charge on any atom is 0.326 e. The lowest BCUT2D eigenvalue weighted by Crippen LogP contribution is -2.31. The molecule has 3 aromatic heterocycles. The van der Waals surface area contributed by atoms with Crippen LogP contribution in [0, 0.1) is 6.92 Å². The second-order valence-electron chi connectivity index (χ2n) is 7.16. The monoisotopic (exact) mass is 446 g/mol. The molecule has 0 saturated carbocycles. The molecule has 1 saturated heterocycles. The van der Waals surface area contributed by atoms with Gasteiger partial charge in [0.1, 0.15) is 5.76 Å². The number of carbonyl (C=O) groups is 2. The number of nitrogens with zero attached hydrogens (tertiary/aromatic N) is 4. The van der Waals surface area contributed by atoms with Crippen LogP contribution in [0.1, 0.15) is 45.3 Å². The van der Waals surface area contributed by atoms with Gasteiger partial charge in [0.15, 0.2) is 16.7 Å². The Morgan fingerprint density at radius 2 is 2.13 bits per heavy atom. The summed E-state index contributed by atoms with van der Waals surface area (Å²) in [6, 6.07) is 6.12. The van der Waals surface area contributed by atoms with E-state index in [1.54, 1.807) is 19.3 Å². The van der Waals surface area contributed by atoms with E-state index in [4.69, 9.17) is 4.42 Å². The third kappa shape index (κ3) is 4.63. The minimum Gasteiger partial charge on any atom is -0.458 e. The zero-order valence-electron chi connectivity index (χ0n) is 16.8. The molecule has 0 atom stereocenters. The second kappa shape index (κ2) is 8.93. The van der Waals surface area contributed by atoms with Crippen LogP contribution in [0.15, 0.2) is 41.1 Å². The van der Waals surface area contributed by atoms with Gasteiger partial charge in [-0.05, 0) is 37.1 Å². The van der Waals surface area contributed by atoms with Gasteiger partial charge in [-0.15, -0.1) is 0 Å². The van der Waals surface area contributed by atoms with Gasteiger partial charge in [-0.2, -0.15) is 0 Å². The Bertz CT molecular complexity index is 1080. The van der Waals surface area contributed by atoms with E-state index in [2.05, 4.69) is 9.97 Å². The number of alkyl halides is 2. The number of anilines is 1. The SMILES string of the molecule is Cc1nc(N2CCN(Cc3ccc(C(F)F)o3)C2=O)sc1C(=O)CCc1cccnc1. The number of urea groups is 1. The number of pyridine rings is 1. The van der Waals surface area contributed by atoms with Crippen molar-refractivity contribution in [1.82, 2.24) is 14.9 Å². The number of hydrogen-bond acceptors (Lipinski definition) is 6. The standard InChI is InChI=1S/C21H20F2N4O3S/c1-13-18(16(28)6-4-14-3-2-8-24-11-14)31-20(25-13)27-10-9-26(21(27)29)12-15-5-7-17(30-15)19(22)23/h2-3,5,7-8,11,19H,4,6,9-10,12H2,1H3. The number of aromatic nitrogens is 2. The first-order valence-electron chi connectivity index (χ1n) is 9.75. The maximum absolute atomic E-state index is 12.8. The Labute approximate surface area is 181 Å². The summed E-state index contributed by atoms with van der Waals surface area (Å²) in [6.45, 7) is 2.66. The first-order chi connectivity index (χ1) is 14.9. The van der Waals surface area contributed by atoms with E-state index >= 15 is 0 Å². The molecule has 2 amide bonds. The predicted molar refractivity (Wildman–Crippen MR) is 111 cm³/mol. The minimum absolute atomic E-state index is 0.0243.